The summed E-state index contributed by atoms with van der Waals surface area (Å²) < 4.78 is 28.1. The highest BCUT2D eigenvalue weighted by atomic mass is 19.2. The summed E-state index contributed by atoms with van der Waals surface area (Å²) >= 11 is 0. The minimum atomic E-state index is -0.864. The lowest BCUT2D eigenvalue weighted by molar-refractivity contribution is 0.0840. The Morgan fingerprint density at radius 3 is 2.67 bits per heavy atom. The predicted octanol–water partition coefficient (Wildman–Crippen LogP) is 2.19. The van der Waals surface area contributed by atoms with Crippen molar-refractivity contribution in [3.8, 4) is 0 Å². The Labute approximate surface area is 53.3 Å². The number of ether oxygens (including phenoxy) is 1. The van der Waals surface area contributed by atoms with Crippen LogP contribution < -0.4 is 0 Å². The molecule has 0 aliphatic rings. The first-order valence-electron chi connectivity index (χ1n) is 2.79. The molecular formula is C6H10F2O. The highest BCUT2D eigenvalue weighted by Crippen LogP contribution is 2.06. The summed E-state index contributed by atoms with van der Waals surface area (Å²) in [5, 5.41) is 0. The predicted molar refractivity (Wildman–Crippen MR) is 31.4 cm³/mol. The van der Waals surface area contributed by atoms with Crippen LogP contribution in [-0.2, 0) is 4.74 Å². The highest BCUT2D eigenvalue weighted by molar-refractivity contribution is 4.91. The van der Waals surface area contributed by atoms with Crippen molar-refractivity contribution in [1.82, 2.24) is 0 Å². The molecule has 0 heterocycles. The van der Waals surface area contributed by atoms with Crippen LogP contribution >= 0.6 is 0 Å². The summed E-state index contributed by atoms with van der Waals surface area (Å²) in [7, 11) is 0. The van der Waals surface area contributed by atoms with Crippen LogP contribution in [0.5, 0.6) is 0 Å². The van der Waals surface area contributed by atoms with E-state index in [1.54, 1.807) is 6.92 Å². The summed E-state index contributed by atoms with van der Waals surface area (Å²) in [5.74, 6) is -0.864. The van der Waals surface area contributed by atoms with Crippen LogP contribution in [0.15, 0.2) is 12.2 Å². The third kappa shape index (κ3) is 3.19. The van der Waals surface area contributed by atoms with E-state index in [1.165, 1.54) is 6.92 Å². The fraction of sp³-hybridized carbons (Fsp3) is 0.667. The topological polar surface area (TPSA) is 9.23 Å². The van der Waals surface area contributed by atoms with Gasteiger partial charge in [-0.25, -0.2) is 8.78 Å². The summed E-state index contributed by atoms with van der Waals surface area (Å²) in [6.45, 7) is 3.57. The van der Waals surface area contributed by atoms with Crippen molar-refractivity contribution in [2.24, 2.45) is 0 Å². The van der Waals surface area contributed by atoms with Gasteiger partial charge in [0.2, 0.25) is 0 Å². The van der Waals surface area contributed by atoms with E-state index in [-0.39, 0.29) is 6.33 Å². The monoisotopic (exact) mass is 136 g/mol. The van der Waals surface area contributed by atoms with E-state index < -0.39 is 11.9 Å². The molecule has 0 saturated carbocycles. The van der Waals surface area contributed by atoms with Gasteiger partial charge < -0.3 is 4.74 Å². The quantitative estimate of drug-likeness (QED) is 0.577. The second-order valence-corrected chi connectivity index (χ2v) is 1.59. The van der Waals surface area contributed by atoms with Crippen LogP contribution in [0.4, 0.5) is 8.78 Å². The van der Waals surface area contributed by atoms with Gasteiger partial charge in [0.25, 0.3) is 0 Å². The molecule has 9 heavy (non-hydrogen) atoms. The molecule has 0 aliphatic carbocycles. The van der Waals surface area contributed by atoms with Gasteiger partial charge in [-0.2, -0.15) is 0 Å². The number of hydrogen-bond donors (Lipinski definition) is 0. The molecule has 0 amide bonds. The maximum Gasteiger partial charge on any atom is 0.156 e. The molecule has 0 N–H and O–H groups in total. The number of halogens is 2. The summed E-state index contributed by atoms with van der Waals surface area (Å²) in [6, 6.07) is 0. The molecule has 0 aromatic heterocycles. The standard InChI is InChI=1S/C6H10F2O/c1-3-9-5(2)6(8)4-7/h4-5H,3H2,1-2H3/b6-4+. The molecule has 0 aliphatic heterocycles. The van der Waals surface area contributed by atoms with Gasteiger partial charge in [0, 0.05) is 6.61 Å². The van der Waals surface area contributed by atoms with Gasteiger partial charge >= 0.3 is 0 Å². The smallest absolute Gasteiger partial charge is 0.156 e. The van der Waals surface area contributed by atoms with Crippen molar-refractivity contribution in [2.75, 3.05) is 6.61 Å². The van der Waals surface area contributed by atoms with Crippen LogP contribution in [0, 0.1) is 0 Å². The average Bonchev–Trinajstić information content (AvgIpc) is 1.87. The largest absolute Gasteiger partial charge is 0.372 e. The molecule has 0 aromatic carbocycles. The Morgan fingerprint density at radius 1 is 1.78 bits per heavy atom. The Morgan fingerprint density at radius 2 is 2.33 bits per heavy atom. The zero-order chi connectivity index (χ0) is 7.28. The van der Waals surface area contributed by atoms with Gasteiger partial charge in [0.15, 0.2) is 5.83 Å². The van der Waals surface area contributed by atoms with Crippen molar-refractivity contribution in [3.05, 3.63) is 12.2 Å². The van der Waals surface area contributed by atoms with Crippen molar-refractivity contribution in [2.45, 2.75) is 20.0 Å². The maximum atomic E-state index is 12.1. The normalized spacial score (nSPS) is 15.8. The highest BCUT2D eigenvalue weighted by Gasteiger charge is 2.05. The first-order valence-corrected chi connectivity index (χ1v) is 2.79. The van der Waals surface area contributed by atoms with Crippen molar-refractivity contribution < 1.29 is 13.5 Å². The fourth-order valence-corrected chi connectivity index (χ4v) is 0.418. The van der Waals surface area contributed by atoms with E-state index in [9.17, 15) is 8.78 Å². The molecule has 0 fully saturated rings. The summed E-state index contributed by atoms with van der Waals surface area (Å²) in [6.07, 6.45) is -0.833. The number of hydrogen-bond acceptors (Lipinski definition) is 1. The first kappa shape index (κ1) is 8.56. The second-order valence-electron chi connectivity index (χ2n) is 1.59. The van der Waals surface area contributed by atoms with Crippen LogP contribution in [0.2, 0.25) is 0 Å². The molecule has 54 valence electrons. The molecule has 0 radical (unpaired) electrons. The lowest BCUT2D eigenvalue weighted by atomic mass is 10.4. The summed E-state index contributed by atoms with van der Waals surface area (Å²) in [4.78, 5) is 0. The minimum Gasteiger partial charge on any atom is -0.372 e. The van der Waals surface area contributed by atoms with Crippen molar-refractivity contribution in [3.63, 3.8) is 0 Å². The van der Waals surface area contributed by atoms with Crippen molar-refractivity contribution >= 4 is 0 Å². The Kier molecular flexibility index (Phi) is 4.22. The van der Waals surface area contributed by atoms with E-state index in [0.717, 1.165) is 0 Å². The van der Waals surface area contributed by atoms with Gasteiger partial charge in [0.1, 0.15) is 12.4 Å². The van der Waals surface area contributed by atoms with Crippen molar-refractivity contribution in [1.29, 1.82) is 0 Å². The second kappa shape index (κ2) is 4.44. The van der Waals surface area contributed by atoms with E-state index in [2.05, 4.69) is 0 Å². The van der Waals surface area contributed by atoms with E-state index in [0.29, 0.717) is 6.61 Å². The molecule has 0 saturated heterocycles. The van der Waals surface area contributed by atoms with E-state index in [1.807, 2.05) is 0 Å². The van der Waals surface area contributed by atoms with E-state index >= 15 is 0 Å². The SMILES string of the molecule is CCOC(C)/C(F)=C\F. The fourth-order valence-electron chi connectivity index (χ4n) is 0.418. The number of rotatable bonds is 3. The third-order valence-corrected chi connectivity index (χ3v) is 0.909. The molecule has 0 spiro atoms. The summed E-state index contributed by atoms with van der Waals surface area (Å²) in [5.41, 5.74) is 0. The molecule has 1 atom stereocenters. The average molecular weight is 136 g/mol. The maximum absolute atomic E-state index is 12.1. The molecule has 0 rings (SSSR count). The van der Waals surface area contributed by atoms with Crippen LogP contribution in [0.25, 0.3) is 0 Å². The van der Waals surface area contributed by atoms with Crippen LogP contribution in [-0.4, -0.2) is 12.7 Å². The van der Waals surface area contributed by atoms with Gasteiger partial charge in [-0.1, -0.05) is 0 Å². The third-order valence-electron chi connectivity index (χ3n) is 0.909. The Balaban J connectivity index is 3.59. The Bertz CT molecular complexity index is 101. The van der Waals surface area contributed by atoms with Gasteiger partial charge in [0.05, 0.1) is 0 Å². The minimum absolute atomic E-state index is 0.0830. The molecule has 1 unspecified atom stereocenters. The Hall–Kier alpha value is -0.440. The zero-order valence-electron chi connectivity index (χ0n) is 5.53. The molecule has 0 bridgehead atoms. The molecule has 3 heteroatoms. The lowest BCUT2D eigenvalue weighted by Gasteiger charge is -2.06. The molecule has 1 nitrogen and oxygen atoms in total. The lowest BCUT2D eigenvalue weighted by Crippen LogP contribution is -2.07. The van der Waals surface area contributed by atoms with E-state index in [4.69, 9.17) is 4.74 Å². The van der Waals surface area contributed by atoms with Gasteiger partial charge in [-0.15, -0.1) is 0 Å². The van der Waals surface area contributed by atoms with Gasteiger partial charge in [-0.05, 0) is 13.8 Å². The molecular weight excluding hydrogens is 126 g/mol. The van der Waals surface area contributed by atoms with Crippen LogP contribution in [0.1, 0.15) is 13.8 Å². The molecule has 0 aromatic rings. The first-order chi connectivity index (χ1) is 4.22. The van der Waals surface area contributed by atoms with Crippen LogP contribution in [0.3, 0.4) is 0 Å². The zero-order valence-corrected chi connectivity index (χ0v) is 5.53. The van der Waals surface area contributed by atoms with Gasteiger partial charge in [-0.3, -0.25) is 0 Å².